The van der Waals surface area contributed by atoms with E-state index in [0.717, 1.165) is 6.42 Å². The van der Waals surface area contributed by atoms with Gasteiger partial charge in [-0.05, 0) is 18.3 Å². The number of hydrogen-bond donors (Lipinski definition) is 0. The third kappa shape index (κ3) is 2.88. The van der Waals surface area contributed by atoms with Crippen LogP contribution in [-0.4, -0.2) is 0 Å². The Morgan fingerprint density at radius 1 is 1.33 bits per heavy atom. The van der Waals surface area contributed by atoms with Crippen molar-refractivity contribution in [2.45, 2.75) is 46.5 Å². The molecule has 0 heterocycles. The van der Waals surface area contributed by atoms with E-state index in [1.165, 1.54) is 19.3 Å². The molecule has 0 aromatic rings. The van der Waals surface area contributed by atoms with Crippen molar-refractivity contribution in [3.05, 3.63) is 6.92 Å². The van der Waals surface area contributed by atoms with E-state index in [1.807, 2.05) is 0 Å². The van der Waals surface area contributed by atoms with E-state index in [1.54, 1.807) is 0 Å². The Balaban J connectivity index is 3.62. The summed E-state index contributed by atoms with van der Waals surface area (Å²) in [4.78, 5) is 0. The molecule has 0 spiro atoms. The Labute approximate surface area is 59.7 Å². The third-order valence-corrected chi connectivity index (χ3v) is 2.31. The van der Waals surface area contributed by atoms with Crippen LogP contribution in [0.2, 0.25) is 0 Å². The van der Waals surface area contributed by atoms with Crippen molar-refractivity contribution in [2.24, 2.45) is 5.41 Å². The largest absolute Gasteiger partial charge is 0.0654 e. The van der Waals surface area contributed by atoms with Crippen LogP contribution in [0.3, 0.4) is 0 Å². The first-order valence-corrected chi connectivity index (χ1v) is 3.97. The van der Waals surface area contributed by atoms with Crippen molar-refractivity contribution < 1.29 is 0 Å². The Kier molecular flexibility index (Phi) is 3.92. The molecule has 0 saturated heterocycles. The van der Waals surface area contributed by atoms with Crippen LogP contribution in [-0.2, 0) is 0 Å². The van der Waals surface area contributed by atoms with Gasteiger partial charge in [-0.1, -0.05) is 40.5 Å². The lowest BCUT2D eigenvalue weighted by Crippen LogP contribution is -2.12. The lowest BCUT2D eigenvalue weighted by Gasteiger charge is -2.25. The van der Waals surface area contributed by atoms with E-state index < -0.39 is 0 Å². The summed E-state index contributed by atoms with van der Waals surface area (Å²) in [6.07, 6.45) is 4.97. The fourth-order valence-corrected chi connectivity index (χ4v) is 1.08. The maximum absolute atomic E-state index is 3.95. The predicted molar refractivity (Wildman–Crippen MR) is 43.3 cm³/mol. The van der Waals surface area contributed by atoms with Crippen LogP contribution in [0.15, 0.2) is 0 Å². The molecule has 0 aliphatic heterocycles. The smallest absolute Gasteiger partial charge is 0.0329 e. The van der Waals surface area contributed by atoms with Crippen molar-refractivity contribution in [1.82, 2.24) is 0 Å². The maximum atomic E-state index is 3.95. The highest BCUT2D eigenvalue weighted by Crippen LogP contribution is 2.30. The molecule has 0 N–H and O–H groups in total. The molecule has 1 radical (unpaired) electrons. The van der Waals surface area contributed by atoms with Crippen LogP contribution < -0.4 is 0 Å². The van der Waals surface area contributed by atoms with Gasteiger partial charge in [-0.2, -0.15) is 0 Å². The first-order valence-electron chi connectivity index (χ1n) is 3.97. The highest BCUT2D eigenvalue weighted by Gasteiger charge is 2.17. The molecule has 0 aromatic carbocycles. The van der Waals surface area contributed by atoms with Gasteiger partial charge < -0.3 is 0 Å². The van der Waals surface area contributed by atoms with Gasteiger partial charge in [-0.3, -0.25) is 0 Å². The quantitative estimate of drug-likeness (QED) is 0.542. The van der Waals surface area contributed by atoms with Crippen molar-refractivity contribution in [3.8, 4) is 0 Å². The van der Waals surface area contributed by atoms with E-state index in [4.69, 9.17) is 0 Å². The zero-order valence-electron chi connectivity index (χ0n) is 7.04. The second-order valence-corrected chi connectivity index (χ2v) is 3.16. The molecule has 0 amide bonds. The molecule has 1 unspecified atom stereocenters. The highest BCUT2D eigenvalue weighted by molar-refractivity contribution is 4.72. The summed E-state index contributed by atoms with van der Waals surface area (Å²) < 4.78 is 0. The molecule has 55 valence electrons. The van der Waals surface area contributed by atoms with Crippen molar-refractivity contribution in [1.29, 1.82) is 0 Å². The molecule has 0 rings (SSSR count). The van der Waals surface area contributed by atoms with Gasteiger partial charge in [0.1, 0.15) is 0 Å². The minimum absolute atomic E-state index is 0.523. The highest BCUT2D eigenvalue weighted by atomic mass is 14.2. The first-order chi connectivity index (χ1) is 4.18. The minimum Gasteiger partial charge on any atom is -0.0654 e. The summed E-state index contributed by atoms with van der Waals surface area (Å²) in [6, 6.07) is 0. The van der Waals surface area contributed by atoms with Gasteiger partial charge in [-0.15, -0.1) is 0 Å². The average molecular weight is 127 g/mol. The van der Waals surface area contributed by atoms with Crippen molar-refractivity contribution >= 4 is 0 Å². The van der Waals surface area contributed by atoms with Crippen molar-refractivity contribution in [3.63, 3.8) is 0 Å². The van der Waals surface area contributed by atoms with Crippen LogP contribution in [0.4, 0.5) is 0 Å². The molecular weight excluding hydrogens is 108 g/mol. The van der Waals surface area contributed by atoms with Crippen LogP contribution in [0.25, 0.3) is 0 Å². The number of hydrogen-bond acceptors (Lipinski definition) is 0. The van der Waals surface area contributed by atoms with Crippen LogP contribution in [0.1, 0.15) is 46.5 Å². The molecule has 0 aromatic heterocycles. The van der Waals surface area contributed by atoms with Gasteiger partial charge in [0.2, 0.25) is 0 Å². The molecule has 0 nitrogen and oxygen atoms in total. The molecular formula is C9H19. The SMILES string of the molecule is [CH2]CC(C)(CC)CCC. The first kappa shape index (κ1) is 9.00. The standard InChI is InChI=1S/C9H19/c1-5-8-9(4,6-2)7-3/h2,5-8H2,1,3-4H3. The Bertz CT molecular complexity index is 60.4. The monoisotopic (exact) mass is 127 g/mol. The molecule has 0 aliphatic rings. The van der Waals surface area contributed by atoms with Gasteiger partial charge in [0.05, 0.1) is 0 Å². The van der Waals surface area contributed by atoms with Gasteiger partial charge in [0.15, 0.2) is 0 Å². The average Bonchev–Trinajstić information content (AvgIpc) is 1.89. The molecule has 0 heteroatoms. The van der Waals surface area contributed by atoms with E-state index in [9.17, 15) is 0 Å². The zero-order valence-corrected chi connectivity index (χ0v) is 7.04. The predicted octanol–water partition coefficient (Wildman–Crippen LogP) is 3.43. The zero-order chi connectivity index (χ0) is 7.33. The Morgan fingerprint density at radius 3 is 2.00 bits per heavy atom. The fraction of sp³-hybridized carbons (Fsp3) is 0.889. The normalized spacial score (nSPS) is 12.0. The summed E-state index contributed by atoms with van der Waals surface area (Å²) in [5, 5.41) is 0. The minimum atomic E-state index is 0.523. The van der Waals surface area contributed by atoms with Crippen LogP contribution >= 0.6 is 0 Å². The Hall–Kier alpha value is 0. The molecule has 0 bridgehead atoms. The van der Waals surface area contributed by atoms with Gasteiger partial charge in [-0.25, -0.2) is 0 Å². The second-order valence-electron chi connectivity index (χ2n) is 3.16. The third-order valence-electron chi connectivity index (χ3n) is 2.31. The van der Waals surface area contributed by atoms with E-state index >= 15 is 0 Å². The van der Waals surface area contributed by atoms with Gasteiger partial charge in [0.25, 0.3) is 0 Å². The van der Waals surface area contributed by atoms with Crippen molar-refractivity contribution in [2.75, 3.05) is 0 Å². The maximum Gasteiger partial charge on any atom is -0.0329 e. The van der Waals surface area contributed by atoms with Crippen LogP contribution in [0, 0.1) is 12.3 Å². The number of rotatable bonds is 4. The topological polar surface area (TPSA) is 0 Å². The second kappa shape index (κ2) is 3.92. The molecule has 1 atom stereocenters. The molecule has 0 fully saturated rings. The molecule has 9 heavy (non-hydrogen) atoms. The summed E-state index contributed by atoms with van der Waals surface area (Å²) >= 11 is 0. The summed E-state index contributed by atoms with van der Waals surface area (Å²) in [5.41, 5.74) is 0.523. The molecule has 0 aliphatic carbocycles. The fourth-order valence-electron chi connectivity index (χ4n) is 1.08. The summed E-state index contributed by atoms with van der Waals surface area (Å²) in [5.74, 6) is 0. The van der Waals surface area contributed by atoms with Gasteiger partial charge in [0, 0.05) is 0 Å². The summed E-state index contributed by atoms with van der Waals surface area (Å²) in [6.45, 7) is 10.8. The summed E-state index contributed by atoms with van der Waals surface area (Å²) in [7, 11) is 0. The lowest BCUT2D eigenvalue weighted by molar-refractivity contribution is 0.284. The van der Waals surface area contributed by atoms with Gasteiger partial charge >= 0.3 is 0 Å². The van der Waals surface area contributed by atoms with Crippen LogP contribution in [0.5, 0.6) is 0 Å². The van der Waals surface area contributed by atoms with E-state index in [-0.39, 0.29) is 0 Å². The van der Waals surface area contributed by atoms with E-state index in [2.05, 4.69) is 27.7 Å². The van der Waals surface area contributed by atoms with E-state index in [0.29, 0.717) is 5.41 Å². The Morgan fingerprint density at radius 2 is 1.89 bits per heavy atom. The molecule has 0 saturated carbocycles. The lowest BCUT2D eigenvalue weighted by atomic mass is 9.81.